The van der Waals surface area contributed by atoms with E-state index in [2.05, 4.69) is 11.0 Å². The molecule has 1 unspecified atom stereocenters. The number of rotatable bonds is 4. The van der Waals surface area contributed by atoms with Gasteiger partial charge in [-0.2, -0.15) is 4.31 Å². The number of benzene rings is 2. The Morgan fingerprint density at radius 1 is 0.926 bits per heavy atom. The van der Waals surface area contributed by atoms with Crippen molar-refractivity contribution >= 4 is 21.6 Å². The number of likely N-dealkylation sites (tertiary alicyclic amines) is 1. The number of piperidine rings is 1. The SMILES string of the molecule is O=S(=O)(c1ccccc1)N1CCCC2(CCCN2Cc2ccccc2Cl)C1. The number of sulfonamides is 1. The van der Waals surface area contributed by atoms with Crippen molar-refractivity contribution in [3.05, 3.63) is 65.2 Å². The summed E-state index contributed by atoms with van der Waals surface area (Å²) in [7, 11) is -3.45. The molecule has 0 radical (unpaired) electrons. The number of nitrogens with zero attached hydrogens (tertiary/aromatic N) is 2. The first-order valence-electron chi connectivity index (χ1n) is 9.55. The summed E-state index contributed by atoms with van der Waals surface area (Å²) in [5.41, 5.74) is 1.03. The second-order valence-electron chi connectivity index (χ2n) is 7.60. The molecule has 0 aliphatic carbocycles. The molecule has 0 saturated carbocycles. The molecule has 4 rings (SSSR count). The quantitative estimate of drug-likeness (QED) is 0.768. The average molecular weight is 405 g/mol. The van der Waals surface area contributed by atoms with Crippen LogP contribution in [0.5, 0.6) is 0 Å². The first-order chi connectivity index (χ1) is 13.0. The highest BCUT2D eigenvalue weighted by Gasteiger charge is 2.46. The summed E-state index contributed by atoms with van der Waals surface area (Å²) in [6, 6.07) is 16.7. The van der Waals surface area contributed by atoms with E-state index < -0.39 is 10.0 Å². The van der Waals surface area contributed by atoms with Gasteiger partial charge in [0.05, 0.1) is 4.90 Å². The second kappa shape index (κ2) is 7.55. The maximum atomic E-state index is 13.1. The Kier molecular flexibility index (Phi) is 5.30. The van der Waals surface area contributed by atoms with E-state index in [0.29, 0.717) is 18.0 Å². The minimum atomic E-state index is -3.45. The molecule has 2 aromatic carbocycles. The van der Waals surface area contributed by atoms with Gasteiger partial charge in [-0.3, -0.25) is 4.90 Å². The molecule has 2 fully saturated rings. The van der Waals surface area contributed by atoms with E-state index in [1.54, 1.807) is 28.6 Å². The fourth-order valence-electron chi connectivity index (χ4n) is 4.55. The second-order valence-corrected chi connectivity index (χ2v) is 9.94. The summed E-state index contributed by atoms with van der Waals surface area (Å²) < 4.78 is 28.0. The van der Waals surface area contributed by atoms with Gasteiger partial charge in [0, 0.05) is 30.2 Å². The maximum absolute atomic E-state index is 13.1. The van der Waals surface area contributed by atoms with Crippen LogP contribution >= 0.6 is 11.6 Å². The summed E-state index contributed by atoms with van der Waals surface area (Å²) in [6.07, 6.45) is 4.07. The van der Waals surface area contributed by atoms with Crippen molar-refractivity contribution in [2.45, 2.75) is 42.7 Å². The summed E-state index contributed by atoms with van der Waals surface area (Å²) in [6.45, 7) is 2.93. The van der Waals surface area contributed by atoms with Crippen LogP contribution < -0.4 is 0 Å². The van der Waals surface area contributed by atoms with Crippen LogP contribution in [0.4, 0.5) is 0 Å². The van der Waals surface area contributed by atoms with Crippen molar-refractivity contribution in [3.8, 4) is 0 Å². The molecule has 144 valence electrons. The third-order valence-corrected chi connectivity index (χ3v) is 8.19. The van der Waals surface area contributed by atoms with E-state index >= 15 is 0 Å². The smallest absolute Gasteiger partial charge is 0.243 e. The molecular formula is C21H25ClN2O2S. The third-order valence-electron chi connectivity index (χ3n) is 5.96. The predicted octanol–water partition coefficient (Wildman–Crippen LogP) is 4.16. The lowest BCUT2D eigenvalue weighted by Gasteiger charge is -2.45. The molecule has 2 saturated heterocycles. The molecule has 4 nitrogen and oxygen atoms in total. The highest BCUT2D eigenvalue weighted by Crippen LogP contribution is 2.40. The number of hydrogen-bond acceptors (Lipinski definition) is 3. The Bertz CT molecular complexity index is 903. The molecule has 1 atom stereocenters. The van der Waals surface area contributed by atoms with Gasteiger partial charge < -0.3 is 0 Å². The normalized spacial score (nSPS) is 24.5. The largest absolute Gasteiger partial charge is 0.292 e. The molecule has 2 aromatic rings. The molecule has 0 amide bonds. The van der Waals surface area contributed by atoms with Crippen molar-refractivity contribution < 1.29 is 8.42 Å². The first kappa shape index (κ1) is 18.9. The lowest BCUT2D eigenvalue weighted by atomic mass is 9.87. The lowest BCUT2D eigenvalue weighted by molar-refractivity contribution is 0.0679. The van der Waals surface area contributed by atoms with Gasteiger partial charge in [-0.25, -0.2) is 8.42 Å². The van der Waals surface area contributed by atoms with Crippen LogP contribution in [0.15, 0.2) is 59.5 Å². The van der Waals surface area contributed by atoms with Crippen LogP contribution in [0.3, 0.4) is 0 Å². The Labute approximate surface area is 166 Å². The van der Waals surface area contributed by atoms with Gasteiger partial charge in [-0.05, 0) is 56.0 Å². The predicted molar refractivity (Wildman–Crippen MR) is 108 cm³/mol. The number of hydrogen-bond donors (Lipinski definition) is 0. The van der Waals surface area contributed by atoms with E-state index in [9.17, 15) is 8.42 Å². The van der Waals surface area contributed by atoms with E-state index in [-0.39, 0.29) is 5.54 Å². The van der Waals surface area contributed by atoms with Gasteiger partial charge in [0.15, 0.2) is 0 Å². The Morgan fingerprint density at radius 2 is 1.59 bits per heavy atom. The van der Waals surface area contributed by atoms with Crippen LogP contribution in [-0.4, -0.2) is 42.8 Å². The zero-order valence-electron chi connectivity index (χ0n) is 15.4. The van der Waals surface area contributed by atoms with Crippen LogP contribution in [-0.2, 0) is 16.6 Å². The van der Waals surface area contributed by atoms with E-state index in [1.165, 1.54) is 0 Å². The van der Waals surface area contributed by atoms with Crippen LogP contribution in [0.2, 0.25) is 5.02 Å². The molecule has 1 spiro atoms. The highest BCUT2D eigenvalue weighted by molar-refractivity contribution is 7.89. The van der Waals surface area contributed by atoms with Crippen LogP contribution in [0.25, 0.3) is 0 Å². The molecule has 6 heteroatoms. The van der Waals surface area contributed by atoms with Crippen molar-refractivity contribution in [1.82, 2.24) is 9.21 Å². The Hall–Kier alpha value is -1.40. The van der Waals surface area contributed by atoms with E-state index in [0.717, 1.165) is 49.4 Å². The molecule has 2 heterocycles. The van der Waals surface area contributed by atoms with Gasteiger partial charge in [-0.15, -0.1) is 0 Å². The summed E-state index contributed by atoms with van der Waals surface area (Å²) in [5.74, 6) is 0. The molecular weight excluding hydrogens is 380 g/mol. The zero-order chi connectivity index (χ0) is 18.9. The Morgan fingerprint density at radius 3 is 2.33 bits per heavy atom. The van der Waals surface area contributed by atoms with E-state index in [4.69, 9.17) is 11.6 Å². The van der Waals surface area contributed by atoms with Crippen LogP contribution in [0.1, 0.15) is 31.2 Å². The average Bonchev–Trinajstić information content (AvgIpc) is 3.05. The monoisotopic (exact) mass is 404 g/mol. The maximum Gasteiger partial charge on any atom is 0.243 e. The molecule has 27 heavy (non-hydrogen) atoms. The standard InChI is InChI=1S/C21H25ClN2O2S/c22-20-11-5-4-8-18(20)16-23-14-6-12-21(23)13-7-15-24(17-21)27(25,26)19-9-2-1-3-10-19/h1-5,8-11H,6-7,12-17H2. The molecule has 0 aromatic heterocycles. The zero-order valence-corrected chi connectivity index (χ0v) is 16.9. The third kappa shape index (κ3) is 3.66. The van der Waals surface area contributed by atoms with Crippen molar-refractivity contribution in [2.75, 3.05) is 19.6 Å². The van der Waals surface area contributed by atoms with Crippen molar-refractivity contribution in [2.24, 2.45) is 0 Å². The van der Waals surface area contributed by atoms with Gasteiger partial charge >= 0.3 is 0 Å². The molecule has 0 N–H and O–H groups in total. The van der Waals surface area contributed by atoms with Crippen molar-refractivity contribution in [1.29, 1.82) is 0 Å². The highest BCUT2D eigenvalue weighted by atomic mass is 35.5. The van der Waals surface area contributed by atoms with Gasteiger partial charge in [0.1, 0.15) is 0 Å². The molecule has 2 aliphatic heterocycles. The van der Waals surface area contributed by atoms with Gasteiger partial charge in [0.2, 0.25) is 10.0 Å². The van der Waals surface area contributed by atoms with Crippen LogP contribution in [0, 0.1) is 0 Å². The molecule has 2 aliphatic rings. The summed E-state index contributed by atoms with van der Waals surface area (Å²) >= 11 is 6.38. The topological polar surface area (TPSA) is 40.6 Å². The summed E-state index contributed by atoms with van der Waals surface area (Å²) in [5, 5.41) is 0.782. The minimum absolute atomic E-state index is 0.0841. The lowest BCUT2D eigenvalue weighted by Crippen LogP contribution is -2.56. The fourth-order valence-corrected chi connectivity index (χ4v) is 6.33. The van der Waals surface area contributed by atoms with E-state index in [1.807, 2.05) is 24.3 Å². The first-order valence-corrected chi connectivity index (χ1v) is 11.4. The molecule has 0 bridgehead atoms. The van der Waals surface area contributed by atoms with Gasteiger partial charge in [-0.1, -0.05) is 48.0 Å². The van der Waals surface area contributed by atoms with Gasteiger partial charge in [0.25, 0.3) is 0 Å². The van der Waals surface area contributed by atoms with Crippen molar-refractivity contribution in [3.63, 3.8) is 0 Å². The fraction of sp³-hybridized carbons (Fsp3) is 0.429. The summed E-state index contributed by atoms with van der Waals surface area (Å²) in [4.78, 5) is 2.85. The minimum Gasteiger partial charge on any atom is -0.292 e. The number of halogens is 1. The Balaban J connectivity index is 1.58.